The number of benzene rings is 1. The van der Waals surface area contributed by atoms with Gasteiger partial charge in [-0.2, -0.15) is 0 Å². The molecule has 1 saturated carbocycles. The molecule has 28 heavy (non-hydrogen) atoms. The molecule has 2 aliphatic rings. The first-order chi connectivity index (χ1) is 13.8. The van der Waals surface area contributed by atoms with E-state index in [2.05, 4.69) is 49.8 Å². The molecular weight excluding hydrogens is 350 g/mol. The number of aromatic nitrogens is 2. The molecule has 1 aliphatic heterocycles. The lowest BCUT2D eigenvalue weighted by Gasteiger charge is -2.33. The summed E-state index contributed by atoms with van der Waals surface area (Å²) in [5.74, 6) is 0. The van der Waals surface area contributed by atoms with E-state index in [0.717, 1.165) is 56.4 Å². The summed E-state index contributed by atoms with van der Waals surface area (Å²) in [6.45, 7) is 2.90. The predicted molar refractivity (Wildman–Crippen MR) is 110 cm³/mol. The number of carbonyl (C=O) groups is 1. The van der Waals surface area contributed by atoms with Crippen LogP contribution in [0.15, 0.2) is 43.0 Å². The first-order valence-electron chi connectivity index (χ1n) is 10.4. The molecule has 6 nitrogen and oxygen atoms in total. The summed E-state index contributed by atoms with van der Waals surface area (Å²) in [6.07, 6.45) is 12.1. The Hall–Kier alpha value is -2.47. The maximum atomic E-state index is 12.3. The lowest BCUT2D eigenvalue weighted by Crippen LogP contribution is -2.51. The average molecular weight is 380 g/mol. The number of rotatable bonds is 5. The third-order valence-electron chi connectivity index (χ3n) is 5.79. The zero-order valence-corrected chi connectivity index (χ0v) is 16.3. The molecule has 2 aromatic rings. The van der Waals surface area contributed by atoms with E-state index in [9.17, 15) is 4.79 Å². The zero-order valence-electron chi connectivity index (χ0n) is 16.3. The highest BCUT2D eigenvalue weighted by Crippen LogP contribution is 2.20. The molecule has 2 amide bonds. The van der Waals surface area contributed by atoms with Crippen LogP contribution in [-0.4, -0.2) is 46.1 Å². The van der Waals surface area contributed by atoms with Gasteiger partial charge in [0, 0.05) is 43.1 Å². The third kappa shape index (κ3) is 5.07. The van der Waals surface area contributed by atoms with Crippen molar-refractivity contribution in [2.75, 3.05) is 13.1 Å². The van der Waals surface area contributed by atoms with Crippen molar-refractivity contribution >= 4 is 6.03 Å². The second-order valence-corrected chi connectivity index (χ2v) is 8.00. The standard InChI is InChI=1S/C22H29N5O/c28-22(25-20-4-1-2-5-20)26-21-6-3-11-27(15-21)14-17-7-9-18(10-8-17)19-12-23-16-24-13-19/h7-10,12-13,16,20-21H,1-6,11,14-15H2,(H2,25,26,28). The van der Waals surface area contributed by atoms with Crippen LogP contribution in [-0.2, 0) is 6.54 Å². The fraction of sp³-hybridized carbons (Fsp3) is 0.500. The van der Waals surface area contributed by atoms with Crippen LogP contribution in [0.1, 0.15) is 44.1 Å². The number of urea groups is 1. The van der Waals surface area contributed by atoms with E-state index in [1.54, 1.807) is 6.33 Å². The molecule has 2 N–H and O–H groups in total. The number of hydrogen-bond acceptors (Lipinski definition) is 4. The maximum absolute atomic E-state index is 12.3. The number of hydrogen-bond donors (Lipinski definition) is 2. The van der Waals surface area contributed by atoms with Gasteiger partial charge < -0.3 is 10.6 Å². The lowest BCUT2D eigenvalue weighted by atomic mass is 10.0. The molecule has 1 atom stereocenters. The SMILES string of the molecule is O=C(NC1CCCC1)NC1CCCN(Cc2ccc(-c3cncnc3)cc2)C1. The molecule has 1 aromatic heterocycles. The quantitative estimate of drug-likeness (QED) is 0.836. The minimum Gasteiger partial charge on any atom is -0.335 e. The molecule has 6 heteroatoms. The molecule has 0 bridgehead atoms. The molecular formula is C22H29N5O. The Bertz CT molecular complexity index is 758. The van der Waals surface area contributed by atoms with Gasteiger partial charge in [0.2, 0.25) is 0 Å². The van der Waals surface area contributed by atoms with Gasteiger partial charge in [-0.25, -0.2) is 14.8 Å². The average Bonchev–Trinajstić information content (AvgIpc) is 3.22. The van der Waals surface area contributed by atoms with Crippen molar-refractivity contribution in [2.45, 2.75) is 57.2 Å². The van der Waals surface area contributed by atoms with E-state index >= 15 is 0 Å². The fourth-order valence-electron chi connectivity index (χ4n) is 4.31. The van der Waals surface area contributed by atoms with Crippen LogP contribution in [0.5, 0.6) is 0 Å². The van der Waals surface area contributed by atoms with Crippen LogP contribution >= 0.6 is 0 Å². The molecule has 2 fully saturated rings. The van der Waals surface area contributed by atoms with Gasteiger partial charge in [-0.05, 0) is 43.4 Å². The smallest absolute Gasteiger partial charge is 0.315 e. The number of piperidine rings is 1. The van der Waals surface area contributed by atoms with Gasteiger partial charge in [0.15, 0.2) is 0 Å². The minimum atomic E-state index is 0.00758. The van der Waals surface area contributed by atoms with Crippen molar-refractivity contribution in [3.63, 3.8) is 0 Å². The van der Waals surface area contributed by atoms with Crippen molar-refractivity contribution in [3.05, 3.63) is 48.5 Å². The highest BCUT2D eigenvalue weighted by atomic mass is 16.2. The predicted octanol–water partition coefficient (Wildman–Crippen LogP) is 3.35. The highest BCUT2D eigenvalue weighted by molar-refractivity contribution is 5.74. The van der Waals surface area contributed by atoms with E-state index in [-0.39, 0.29) is 12.1 Å². The van der Waals surface area contributed by atoms with Gasteiger partial charge in [-0.15, -0.1) is 0 Å². The van der Waals surface area contributed by atoms with Crippen LogP contribution in [0.3, 0.4) is 0 Å². The van der Waals surface area contributed by atoms with Crippen LogP contribution < -0.4 is 10.6 Å². The van der Waals surface area contributed by atoms with Crippen molar-refractivity contribution in [1.29, 1.82) is 0 Å². The third-order valence-corrected chi connectivity index (χ3v) is 5.79. The Morgan fingerprint density at radius 1 is 0.929 bits per heavy atom. The van der Waals surface area contributed by atoms with Gasteiger partial charge in [-0.1, -0.05) is 37.1 Å². The number of nitrogens with one attached hydrogen (secondary N) is 2. The minimum absolute atomic E-state index is 0.00758. The first-order valence-corrected chi connectivity index (χ1v) is 10.4. The highest BCUT2D eigenvalue weighted by Gasteiger charge is 2.23. The summed E-state index contributed by atoms with van der Waals surface area (Å²) in [4.78, 5) is 22.9. The van der Waals surface area contributed by atoms with Crippen LogP contribution in [0.4, 0.5) is 4.79 Å². The molecule has 2 heterocycles. The van der Waals surface area contributed by atoms with Crippen LogP contribution in [0.25, 0.3) is 11.1 Å². The molecule has 0 spiro atoms. The fourth-order valence-corrected chi connectivity index (χ4v) is 4.31. The Morgan fingerprint density at radius 3 is 2.36 bits per heavy atom. The largest absolute Gasteiger partial charge is 0.335 e. The summed E-state index contributed by atoms with van der Waals surface area (Å²) < 4.78 is 0. The second kappa shape index (κ2) is 9.15. The van der Waals surface area contributed by atoms with Crippen molar-refractivity contribution in [1.82, 2.24) is 25.5 Å². The lowest BCUT2D eigenvalue weighted by molar-refractivity contribution is 0.179. The molecule has 1 aromatic carbocycles. The van der Waals surface area contributed by atoms with Gasteiger partial charge in [0.25, 0.3) is 0 Å². The Kier molecular flexibility index (Phi) is 6.17. The van der Waals surface area contributed by atoms with Gasteiger partial charge in [0.05, 0.1) is 0 Å². The van der Waals surface area contributed by atoms with Crippen molar-refractivity contribution in [2.24, 2.45) is 0 Å². The van der Waals surface area contributed by atoms with E-state index < -0.39 is 0 Å². The number of nitrogens with zero attached hydrogens (tertiary/aromatic N) is 3. The van der Waals surface area contributed by atoms with Gasteiger partial charge >= 0.3 is 6.03 Å². The Morgan fingerprint density at radius 2 is 1.61 bits per heavy atom. The van der Waals surface area contributed by atoms with E-state index in [1.807, 2.05) is 12.4 Å². The first kappa shape index (κ1) is 18.9. The normalized spacial score (nSPS) is 20.8. The molecule has 4 rings (SSSR count). The molecule has 1 unspecified atom stereocenters. The zero-order chi connectivity index (χ0) is 19.2. The van der Waals surface area contributed by atoms with Gasteiger partial charge in [0.1, 0.15) is 6.33 Å². The Labute approximate surface area is 166 Å². The Balaban J connectivity index is 1.28. The molecule has 148 valence electrons. The molecule has 0 radical (unpaired) electrons. The monoisotopic (exact) mass is 379 g/mol. The van der Waals surface area contributed by atoms with Crippen molar-refractivity contribution in [3.8, 4) is 11.1 Å². The summed E-state index contributed by atoms with van der Waals surface area (Å²) >= 11 is 0. The van der Waals surface area contributed by atoms with Gasteiger partial charge in [-0.3, -0.25) is 4.90 Å². The number of carbonyl (C=O) groups excluding carboxylic acids is 1. The van der Waals surface area contributed by atoms with E-state index in [4.69, 9.17) is 0 Å². The number of amides is 2. The summed E-state index contributed by atoms with van der Waals surface area (Å²) in [5, 5.41) is 6.32. The second-order valence-electron chi connectivity index (χ2n) is 8.00. The van der Waals surface area contributed by atoms with Crippen molar-refractivity contribution < 1.29 is 4.79 Å². The summed E-state index contributed by atoms with van der Waals surface area (Å²) in [7, 11) is 0. The summed E-state index contributed by atoms with van der Waals surface area (Å²) in [5.41, 5.74) is 3.45. The summed E-state index contributed by atoms with van der Waals surface area (Å²) in [6, 6.07) is 9.21. The van der Waals surface area contributed by atoms with E-state index in [0.29, 0.717) is 6.04 Å². The topological polar surface area (TPSA) is 70.2 Å². The van der Waals surface area contributed by atoms with E-state index in [1.165, 1.54) is 18.4 Å². The molecule has 1 aliphatic carbocycles. The number of likely N-dealkylation sites (tertiary alicyclic amines) is 1. The van der Waals surface area contributed by atoms with Crippen LogP contribution in [0.2, 0.25) is 0 Å². The van der Waals surface area contributed by atoms with Crippen LogP contribution in [0, 0.1) is 0 Å². The molecule has 1 saturated heterocycles. The maximum Gasteiger partial charge on any atom is 0.315 e.